The molecule has 0 unspecified atom stereocenters. The molecule has 0 saturated heterocycles. The van der Waals surface area contributed by atoms with Crippen LogP contribution in [0.4, 0.5) is 0 Å². The lowest BCUT2D eigenvalue weighted by Crippen LogP contribution is -2.31. The summed E-state index contributed by atoms with van der Waals surface area (Å²) < 4.78 is 5.38. The molecule has 0 saturated carbocycles. The lowest BCUT2D eigenvalue weighted by molar-refractivity contribution is 0.0948. The first-order valence-electron chi connectivity index (χ1n) is 6.05. The van der Waals surface area contributed by atoms with Crippen LogP contribution in [0, 0.1) is 0 Å². The highest BCUT2D eigenvalue weighted by Crippen LogP contribution is 2.21. The molecule has 0 bridgehead atoms. The van der Waals surface area contributed by atoms with E-state index in [-0.39, 0.29) is 5.78 Å². The average Bonchev–Trinajstić information content (AvgIpc) is 2.80. The highest BCUT2D eigenvalue weighted by molar-refractivity contribution is 6.08. The van der Waals surface area contributed by atoms with Crippen LogP contribution in [-0.4, -0.2) is 44.4 Å². The van der Waals surface area contributed by atoms with E-state index in [1.54, 1.807) is 6.26 Å². The summed E-state index contributed by atoms with van der Waals surface area (Å²) in [5, 5.41) is 3.96. The number of nitrogens with zero attached hydrogens (tertiary/aromatic N) is 1. The maximum Gasteiger partial charge on any atom is 0.180 e. The van der Waals surface area contributed by atoms with Crippen LogP contribution in [0.2, 0.25) is 0 Å². The molecule has 2 rings (SSSR count). The molecule has 1 aromatic carbocycles. The molecule has 0 aliphatic rings. The van der Waals surface area contributed by atoms with Gasteiger partial charge in [0.1, 0.15) is 11.8 Å². The standard InChI is InChI=1S/C14H18N2O2/c1-15-7-8-16(2)9-13(17)12-10-18-14-6-4-3-5-11(12)14/h3-6,10,15H,7-9H2,1-2H3. The van der Waals surface area contributed by atoms with Crippen molar-refractivity contribution in [3.63, 3.8) is 0 Å². The van der Waals surface area contributed by atoms with E-state index in [1.807, 2.05) is 43.3 Å². The number of hydrogen-bond donors (Lipinski definition) is 1. The number of Topliss-reactive ketones (excluding diaryl/α,β-unsaturated/α-hetero) is 1. The number of fused-ring (bicyclic) bond motifs is 1. The number of benzene rings is 1. The molecular formula is C14H18N2O2. The lowest BCUT2D eigenvalue weighted by atomic mass is 10.1. The molecule has 2 aromatic rings. The third-order valence-electron chi connectivity index (χ3n) is 2.94. The lowest BCUT2D eigenvalue weighted by Gasteiger charge is -2.14. The summed E-state index contributed by atoms with van der Waals surface area (Å²) in [6.07, 6.45) is 1.55. The summed E-state index contributed by atoms with van der Waals surface area (Å²) in [6.45, 7) is 2.12. The summed E-state index contributed by atoms with van der Waals surface area (Å²) in [7, 11) is 3.84. The Morgan fingerprint density at radius 1 is 1.39 bits per heavy atom. The van der Waals surface area contributed by atoms with Gasteiger partial charge in [-0.3, -0.25) is 9.69 Å². The molecule has 0 aliphatic carbocycles. The summed E-state index contributed by atoms with van der Waals surface area (Å²) in [5.74, 6) is 0.0959. The van der Waals surface area contributed by atoms with Crippen molar-refractivity contribution in [2.45, 2.75) is 0 Å². The fraction of sp³-hybridized carbons (Fsp3) is 0.357. The Labute approximate surface area is 107 Å². The summed E-state index contributed by atoms with van der Waals surface area (Å²) in [4.78, 5) is 14.2. The monoisotopic (exact) mass is 246 g/mol. The largest absolute Gasteiger partial charge is 0.464 e. The van der Waals surface area contributed by atoms with Gasteiger partial charge in [0.25, 0.3) is 0 Å². The molecule has 0 aliphatic heterocycles. The molecule has 0 fully saturated rings. The molecule has 1 aromatic heterocycles. The third kappa shape index (κ3) is 2.78. The molecule has 18 heavy (non-hydrogen) atoms. The minimum atomic E-state index is 0.0959. The van der Waals surface area contributed by atoms with Crippen LogP contribution in [0.3, 0.4) is 0 Å². The van der Waals surface area contributed by atoms with Gasteiger partial charge in [0.15, 0.2) is 5.78 Å². The molecule has 0 radical (unpaired) electrons. The maximum atomic E-state index is 12.2. The number of ketones is 1. The highest BCUT2D eigenvalue weighted by atomic mass is 16.3. The van der Waals surface area contributed by atoms with E-state index >= 15 is 0 Å². The zero-order chi connectivity index (χ0) is 13.0. The summed E-state index contributed by atoms with van der Waals surface area (Å²) in [5.41, 5.74) is 1.43. The molecule has 0 atom stereocenters. The number of hydrogen-bond acceptors (Lipinski definition) is 4. The number of para-hydroxylation sites is 1. The Morgan fingerprint density at radius 2 is 2.17 bits per heavy atom. The normalized spacial score (nSPS) is 11.3. The van der Waals surface area contributed by atoms with Crippen LogP contribution < -0.4 is 5.32 Å². The first kappa shape index (κ1) is 12.8. The van der Waals surface area contributed by atoms with Crippen molar-refractivity contribution in [3.8, 4) is 0 Å². The fourth-order valence-corrected chi connectivity index (χ4v) is 1.91. The summed E-state index contributed by atoms with van der Waals surface area (Å²) in [6, 6.07) is 7.61. The van der Waals surface area contributed by atoms with E-state index in [0.29, 0.717) is 12.1 Å². The minimum absolute atomic E-state index is 0.0959. The van der Waals surface area contributed by atoms with E-state index in [2.05, 4.69) is 5.32 Å². The van der Waals surface area contributed by atoms with E-state index in [4.69, 9.17) is 4.42 Å². The van der Waals surface area contributed by atoms with E-state index in [1.165, 1.54) is 0 Å². The van der Waals surface area contributed by atoms with E-state index in [0.717, 1.165) is 24.1 Å². The zero-order valence-corrected chi connectivity index (χ0v) is 10.8. The van der Waals surface area contributed by atoms with Crippen molar-refractivity contribution in [1.29, 1.82) is 0 Å². The summed E-state index contributed by atoms with van der Waals surface area (Å²) >= 11 is 0. The number of carbonyl (C=O) groups is 1. The maximum absolute atomic E-state index is 12.2. The van der Waals surface area contributed by atoms with Gasteiger partial charge in [-0.2, -0.15) is 0 Å². The Morgan fingerprint density at radius 3 is 2.94 bits per heavy atom. The first-order valence-corrected chi connectivity index (χ1v) is 6.05. The van der Waals surface area contributed by atoms with Crippen LogP contribution in [0.5, 0.6) is 0 Å². The van der Waals surface area contributed by atoms with Gasteiger partial charge in [-0.15, -0.1) is 0 Å². The van der Waals surface area contributed by atoms with Crippen LogP contribution >= 0.6 is 0 Å². The van der Waals surface area contributed by atoms with E-state index < -0.39 is 0 Å². The Balaban J connectivity index is 2.09. The van der Waals surface area contributed by atoms with Gasteiger partial charge in [0.05, 0.1) is 12.1 Å². The molecule has 0 amide bonds. The molecule has 96 valence electrons. The van der Waals surface area contributed by atoms with Gasteiger partial charge in [-0.05, 0) is 20.2 Å². The van der Waals surface area contributed by atoms with Crippen molar-refractivity contribution in [2.24, 2.45) is 0 Å². The zero-order valence-electron chi connectivity index (χ0n) is 10.8. The van der Waals surface area contributed by atoms with Crippen LogP contribution in [-0.2, 0) is 0 Å². The third-order valence-corrected chi connectivity index (χ3v) is 2.94. The number of nitrogens with one attached hydrogen (secondary N) is 1. The minimum Gasteiger partial charge on any atom is -0.464 e. The number of likely N-dealkylation sites (N-methyl/N-ethyl adjacent to an activating group) is 2. The number of rotatable bonds is 6. The van der Waals surface area contributed by atoms with Gasteiger partial charge in [0, 0.05) is 18.5 Å². The highest BCUT2D eigenvalue weighted by Gasteiger charge is 2.14. The molecular weight excluding hydrogens is 228 g/mol. The predicted octanol–water partition coefficient (Wildman–Crippen LogP) is 1.77. The number of furan rings is 1. The second-order valence-electron chi connectivity index (χ2n) is 4.41. The molecule has 1 heterocycles. The molecule has 4 heteroatoms. The second-order valence-corrected chi connectivity index (χ2v) is 4.41. The van der Waals surface area contributed by atoms with Crippen LogP contribution in [0.25, 0.3) is 11.0 Å². The Hall–Kier alpha value is -1.65. The Bertz CT molecular complexity index is 533. The van der Waals surface area contributed by atoms with Crippen molar-refractivity contribution in [3.05, 3.63) is 36.1 Å². The van der Waals surface area contributed by atoms with Crippen LogP contribution in [0.1, 0.15) is 10.4 Å². The quantitative estimate of drug-likeness (QED) is 0.789. The smallest absolute Gasteiger partial charge is 0.180 e. The van der Waals surface area contributed by atoms with Crippen molar-refractivity contribution in [1.82, 2.24) is 10.2 Å². The second kappa shape index (κ2) is 5.80. The molecule has 4 nitrogen and oxygen atoms in total. The average molecular weight is 246 g/mol. The molecule has 0 spiro atoms. The van der Waals surface area contributed by atoms with Crippen molar-refractivity contribution in [2.75, 3.05) is 33.7 Å². The topological polar surface area (TPSA) is 45.5 Å². The SMILES string of the molecule is CNCCN(C)CC(=O)c1coc2ccccc12. The van der Waals surface area contributed by atoms with Crippen LogP contribution in [0.15, 0.2) is 34.9 Å². The predicted molar refractivity (Wildman–Crippen MR) is 72.0 cm³/mol. The van der Waals surface area contributed by atoms with Gasteiger partial charge < -0.3 is 9.73 Å². The molecule has 1 N–H and O–H groups in total. The first-order chi connectivity index (χ1) is 8.72. The number of carbonyl (C=O) groups excluding carboxylic acids is 1. The van der Waals surface area contributed by atoms with Crippen molar-refractivity contribution >= 4 is 16.8 Å². The van der Waals surface area contributed by atoms with Gasteiger partial charge in [-0.25, -0.2) is 0 Å². The van der Waals surface area contributed by atoms with E-state index in [9.17, 15) is 4.79 Å². The van der Waals surface area contributed by atoms with Crippen molar-refractivity contribution < 1.29 is 9.21 Å². The van der Waals surface area contributed by atoms with Gasteiger partial charge in [-0.1, -0.05) is 18.2 Å². The Kier molecular flexibility index (Phi) is 4.12. The van der Waals surface area contributed by atoms with Gasteiger partial charge >= 0.3 is 0 Å². The van der Waals surface area contributed by atoms with Gasteiger partial charge in [0.2, 0.25) is 0 Å². The fourth-order valence-electron chi connectivity index (χ4n) is 1.91.